The third kappa shape index (κ3) is 12.3. The molecule has 3 heteroatoms. The van der Waals surface area contributed by atoms with E-state index in [9.17, 15) is 0 Å². The van der Waals surface area contributed by atoms with Crippen LogP contribution in [0.5, 0.6) is 0 Å². The van der Waals surface area contributed by atoms with Crippen molar-refractivity contribution in [1.82, 2.24) is 5.32 Å². The Hall–Kier alpha value is -0.120. The maximum Gasteiger partial charge on any atom is 0.0704 e. The Balaban J connectivity index is 3.56. The molecule has 0 amide bonds. The lowest BCUT2D eigenvalue weighted by molar-refractivity contribution is -0.00363. The van der Waals surface area contributed by atoms with E-state index in [0.717, 1.165) is 26.1 Å². The van der Waals surface area contributed by atoms with Gasteiger partial charge in [-0.25, -0.2) is 0 Å². The van der Waals surface area contributed by atoms with Gasteiger partial charge in [0.05, 0.1) is 19.3 Å². The molecule has 0 rings (SSSR count). The highest BCUT2D eigenvalue weighted by atomic mass is 16.5. The molecule has 0 radical (unpaired) electrons. The Bertz CT molecular complexity index is 172. The zero-order valence-corrected chi connectivity index (χ0v) is 13.0. The quantitative estimate of drug-likeness (QED) is 0.546. The molecule has 1 N–H and O–H groups in total. The fourth-order valence-corrected chi connectivity index (χ4v) is 1.69. The fourth-order valence-electron chi connectivity index (χ4n) is 1.69. The van der Waals surface area contributed by atoms with Gasteiger partial charge in [0.15, 0.2) is 0 Å². The maximum absolute atomic E-state index is 5.86. The Morgan fingerprint density at radius 1 is 0.944 bits per heavy atom. The van der Waals surface area contributed by atoms with Crippen LogP contribution in [0.3, 0.4) is 0 Å². The summed E-state index contributed by atoms with van der Waals surface area (Å²) < 4.78 is 11.4. The van der Waals surface area contributed by atoms with Crippen molar-refractivity contribution < 1.29 is 9.47 Å². The standard InChI is InChI=1S/C15H33NO2/c1-6-7-15(11-16-10-13(2)3)18-9-8-17-12-14(4)5/h13-16H,6-12H2,1-5H3. The summed E-state index contributed by atoms with van der Waals surface area (Å²) >= 11 is 0. The number of hydrogen-bond acceptors (Lipinski definition) is 3. The predicted molar refractivity (Wildman–Crippen MR) is 78.0 cm³/mol. The van der Waals surface area contributed by atoms with Crippen molar-refractivity contribution in [3.63, 3.8) is 0 Å². The van der Waals surface area contributed by atoms with Crippen LogP contribution in [0.4, 0.5) is 0 Å². The van der Waals surface area contributed by atoms with E-state index in [-0.39, 0.29) is 0 Å². The molecule has 0 fully saturated rings. The third-order valence-electron chi connectivity index (χ3n) is 2.57. The molecule has 0 saturated carbocycles. The minimum atomic E-state index is 0.330. The Morgan fingerprint density at radius 2 is 1.67 bits per heavy atom. The molecule has 18 heavy (non-hydrogen) atoms. The monoisotopic (exact) mass is 259 g/mol. The summed E-state index contributed by atoms with van der Waals surface area (Å²) in [4.78, 5) is 0. The third-order valence-corrected chi connectivity index (χ3v) is 2.57. The molecule has 0 aromatic carbocycles. The van der Waals surface area contributed by atoms with Gasteiger partial charge in [0.1, 0.15) is 0 Å². The van der Waals surface area contributed by atoms with Gasteiger partial charge < -0.3 is 14.8 Å². The highest BCUT2D eigenvalue weighted by molar-refractivity contribution is 4.62. The fraction of sp³-hybridized carbons (Fsp3) is 1.00. The number of rotatable bonds is 12. The first kappa shape index (κ1) is 17.9. The minimum absolute atomic E-state index is 0.330. The van der Waals surface area contributed by atoms with E-state index in [1.807, 2.05) is 0 Å². The number of hydrogen-bond donors (Lipinski definition) is 1. The average molecular weight is 259 g/mol. The zero-order valence-electron chi connectivity index (χ0n) is 13.0. The second-order valence-electron chi connectivity index (χ2n) is 5.80. The molecule has 0 aliphatic heterocycles. The summed E-state index contributed by atoms with van der Waals surface area (Å²) in [6, 6.07) is 0. The molecule has 1 atom stereocenters. The summed E-state index contributed by atoms with van der Waals surface area (Å²) in [6.07, 6.45) is 2.62. The first-order valence-electron chi connectivity index (χ1n) is 7.46. The van der Waals surface area contributed by atoms with E-state index in [1.165, 1.54) is 6.42 Å². The first-order chi connectivity index (χ1) is 8.56. The van der Waals surface area contributed by atoms with Gasteiger partial charge in [0.25, 0.3) is 0 Å². The van der Waals surface area contributed by atoms with E-state index in [2.05, 4.69) is 39.9 Å². The Morgan fingerprint density at radius 3 is 2.22 bits per heavy atom. The van der Waals surface area contributed by atoms with Crippen LogP contribution in [0.2, 0.25) is 0 Å². The normalized spacial score (nSPS) is 13.5. The summed E-state index contributed by atoms with van der Waals surface area (Å²) in [5.41, 5.74) is 0. The summed E-state index contributed by atoms with van der Waals surface area (Å²) in [7, 11) is 0. The van der Waals surface area contributed by atoms with E-state index in [4.69, 9.17) is 9.47 Å². The van der Waals surface area contributed by atoms with Gasteiger partial charge >= 0.3 is 0 Å². The van der Waals surface area contributed by atoms with Crippen LogP contribution in [-0.2, 0) is 9.47 Å². The molecule has 0 spiro atoms. The molecule has 0 heterocycles. The lowest BCUT2D eigenvalue weighted by Gasteiger charge is -2.19. The second-order valence-corrected chi connectivity index (χ2v) is 5.80. The molecule has 0 aliphatic carbocycles. The largest absolute Gasteiger partial charge is 0.379 e. The number of ether oxygens (including phenoxy) is 2. The lowest BCUT2D eigenvalue weighted by atomic mass is 10.2. The van der Waals surface area contributed by atoms with E-state index < -0.39 is 0 Å². The molecule has 110 valence electrons. The molecule has 0 bridgehead atoms. The maximum atomic E-state index is 5.86. The average Bonchev–Trinajstić information content (AvgIpc) is 2.27. The van der Waals surface area contributed by atoms with E-state index in [0.29, 0.717) is 31.2 Å². The molecular formula is C15H33NO2. The van der Waals surface area contributed by atoms with Gasteiger partial charge in [-0.2, -0.15) is 0 Å². The van der Waals surface area contributed by atoms with Crippen molar-refractivity contribution >= 4 is 0 Å². The minimum Gasteiger partial charge on any atom is -0.379 e. The van der Waals surface area contributed by atoms with Crippen molar-refractivity contribution in [3.8, 4) is 0 Å². The highest BCUT2D eigenvalue weighted by Gasteiger charge is 2.08. The predicted octanol–water partition coefficient (Wildman–Crippen LogP) is 3.09. The van der Waals surface area contributed by atoms with Gasteiger partial charge in [-0.3, -0.25) is 0 Å². The molecule has 0 aromatic rings. The van der Waals surface area contributed by atoms with Crippen LogP contribution < -0.4 is 5.32 Å². The SMILES string of the molecule is CCCC(CNCC(C)C)OCCOCC(C)C. The lowest BCUT2D eigenvalue weighted by Crippen LogP contribution is -2.32. The van der Waals surface area contributed by atoms with E-state index in [1.54, 1.807) is 0 Å². The summed E-state index contributed by atoms with van der Waals surface area (Å²) in [5.74, 6) is 1.30. The smallest absolute Gasteiger partial charge is 0.0704 e. The van der Waals surface area contributed by atoms with Crippen molar-refractivity contribution in [1.29, 1.82) is 0 Å². The molecule has 1 unspecified atom stereocenters. The molecule has 0 aromatic heterocycles. The van der Waals surface area contributed by atoms with Crippen LogP contribution in [0.25, 0.3) is 0 Å². The zero-order chi connectivity index (χ0) is 13.8. The molecule has 3 nitrogen and oxygen atoms in total. The highest BCUT2D eigenvalue weighted by Crippen LogP contribution is 2.02. The first-order valence-corrected chi connectivity index (χ1v) is 7.46. The van der Waals surface area contributed by atoms with Gasteiger partial charge in [-0.1, -0.05) is 41.0 Å². The van der Waals surface area contributed by atoms with Crippen LogP contribution in [0.15, 0.2) is 0 Å². The van der Waals surface area contributed by atoms with Crippen molar-refractivity contribution in [2.75, 3.05) is 32.9 Å². The van der Waals surface area contributed by atoms with Gasteiger partial charge in [0.2, 0.25) is 0 Å². The second kappa shape index (κ2) is 11.9. The molecular weight excluding hydrogens is 226 g/mol. The molecule has 0 aliphatic rings. The van der Waals surface area contributed by atoms with Crippen molar-refractivity contribution in [2.45, 2.75) is 53.6 Å². The molecule has 0 saturated heterocycles. The topological polar surface area (TPSA) is 30.5 Å². The number of nitrogens with one attached hydrogen (secondary N) is 1. The van der Waals surface area contributed by atoms with Crippen molar-refractivity contribution in [2.24, 2.45) is 11.8 Å². The summed E-state index contributed by atoms with van der Waals surface area (Å²) in [6.45, 7) is 15.2. The van der Waals surface area contributed by atoms with Gasteiger partial charge in [-0.15, -0.1) is 0 Å². The van der Waals surface area contributed by atoms with Crippen LogP contribution in [0.1, 0.15) is 47.5 Å². The van der Waals surface area contributed by atoms with Crippen LogP contribution in [-0.4, -0.2) is 39.0 Å². The van der Waals surface area contributed by atoms with Crippen LogP contribution >= 0.6 is 0 Å². The van der Waals surface area contributed by atoms with Crippen LogP contribution in [0, 0.1) is 11.8 Å². The van der Waals surface area contributed by atoms with Crippen molar-refractivity contribution in [3.05, 3.63) is 0 Å². The Kier molecular flexibility index (Phi) is 11.9. The summed E-state index contributed by atoms with van der Waals surface area (Å²) in [5, 5.41) is 3.46. The van der Waals surface area contributed by atoms with Gasteiger partial charge in [0, 0.05) is 13.2 Å². The van der Waals surface area contributed by atoms with Gasteiger partial charge in [-0.05, 0) is 24.8 Å². The Labute approximate surface area is 114 Å². The van der Waals surface area contributed by atoms with E-state index >= 15 is 0 Å².